The Labute approximate surface area is 130 Å². The van der Waals surface area contributed by atoms with E-state index in [4.69, 9.17) is 0 Å². The van der Waals surface area contributed by atoms with Crippen LogP contribution in [0, 0.1) is 31.3 Å². The highest BCUT2D eigenvalue weighted by Crippen LogP contribution is 2.30. The Hall–Kier alpha value is -1.33. The number of rotatable bonds is 3. The van der Waals surface area contributed by atoms with Crippen LogP contribution >= 0.6 is 15.9 Å². The van der Waals surface area contributed by atoms with E-state index in [1.807, 2.05) is 0 Å². The van der Waals surface area contributed by atoms with Crippen molar-refractivity contribution in [3.63, 3.8) is 0 Å². The van der Waals surface area contributed by atoms with E-state index in [9.17, 15) is 13.2 Å². The number of aryl methyl sites for hydroxylation is 2. The lowest BCUT2D eigenvalue weighted by molar-refractivity contribution is 0.520. The van der Waals surface area contributed by atoms with E-state index in [1.165, 1.54) is 12.1 Å². The van der Waals surface area contributed by atoms with Gasteiger partial charge in [-0.2, -0.15) is 0 Å². The summed E-state index contributed by atoms with van der Waals surface area (Å²) in [6.07, 6.45) is 0. The van der Waals surface area contributed by atoms with Crippen molar-refractivity contribution in [1.82, 2.24) is 5.32 Å². The van der Waals surface area contributed by atoms with Crippen LogP contribution in [-0.4, -0.2) is 7.05 Å². The molecule has 0 aliphatic heterocycles. The fraction of sp³-hybridized carbons (Fsp3) is 0.250. The molecule has 0 aromatic heterocycles. The maximum Gasteiger partial charge on any atom is 0.132 e. The van der Waals surface area contributed by atoms with Crippen LogP contribution in [0.5, 0.6) is 0 Å². The second-order valence-electron chi connectivity index (χ2n) is 4.97. The number of nitrogens with one attached hydrogen (secondary N) is 1. The summed E-state index contributed by atoms with van der Waals surface area (Å²) in [6.45, 7) is 3.26. The first-order valence-corrected chi connectivity index (χ1v) is 7.22. The molecule has 0 fully saturated rings. The minimum atomic E-state index is -0.684. The number of hydrogen-bond acceptors (Lipinski definition) is 1. The van der Waals surface area contributed by atoms with Gasteiger partial charge in [0, 0.05) is 10.0 Å². The molecule has 1 N–H and O–H groups in total. The van der Waals surface area contributed by atoms with Crippen molar-refractivity contribution in [3.8, 4) is 0 Å². The highest BCUT2D eigenvalue weighted by Gasteiger charge is 2.22. The van der Waals surface area contributed by atoms with Gasteiger partial charge in [0.25, 0.3) is 0 Å². The van der Waals surface area contributed by atoms with Crippen molar-refractivity contribution in [1.29, 1.82) is 0 Å². The third kappa shape index (κ3) is 3.14. The van der Waals surface area contributed by atoms with Crippen LogP contribution in [0.4, 0.5) is 13.2 Å². The Morgan fingerprint density at radius 2 is 1.43 bits per heavy atom. The zero-order chi connectivity index (χ0) is 15.7. The Kier molecular flexibility index (Phi) is 4.74. The molecule has 0 aliphatic carbocycles. The molecule has 0 aliphatic rings. The maximum atomic E-state index is 14.1. The van der Waals surface area contributed by atoms with E-state index in [0.717, 1.165) is 0 Å². The van der Waals surface area contributed by atoms with Gasteiger partial charge in [0.1, 0.15) is 17.5 Å². The monoisotopic (exact) mass is 357 g/mol. The summed E-state index contributed by atoms with van der Waals surface area (Å²) in [5.74, 6) is -1.60. The molecule has 0 saturated heterocycles. The molecule has 0 bridgehead atoms. The van der Waals surface area contributed by atoms with Gasteiger partial charge < -0.3 is 5.32 Å². The zero-order valence-electron chi connectivity index (χ0n) is 11.9. The Morgan fingerprint density at radius 3 is 1.86 bits per heavy atom. The minimum Gasteiger partial charge on any atom is -0.309 e. The van der Waals surface area contributed by atoms with Crippen molar-refractivity contribution in [2.24, 2.45) is 0 Å². The van der Waals surface area contributed by atoms with Gasteiger partial charge in [-0.1, -0.05) is 28.1 Å². The molecule has 5 heteroatoms. The molecule has 0 amide bonds. The Morgan fingerprint density at radius 1 is 0.952 bits per heavy atom. The van der Waals surface area contributed by atoms with E-state index >= 15 is 0 Å². The number of hydrogen-bond donors (Lipinski definition) is 1. The highest BCUT2D eigenvalue weighted by molar-refractivity contribution is 9.10. The van der Waals surface area contributed by atoms with Crippen LogP contribution in [0.15, 0.2) is 28.7 Å². The summed E-state index contributed by atoms with van der Waals surface area (Å²) in [4.78, 5) is 0. The van der Waals surface area contributed by atoms with Crippen LogP contribution in [0.3, 0.4) is 0 Å². The lowest BCUT2D eigenvalue weighted by Crippen LogP contribution is -2.21. The van der Waals surface area contributed by atoms with Crippen molar-refractivity contribution >= 4 is 15.9 Å². The molecule has 1 nitrogen and oxygen atoms in total. The first-order valence-electron chi connectivity index (χ1n) is 6.43. The van der Waals surface area contributed by atoms with Gasteiger partial charge in [0.15, 0.2) is 0 Å². The summed E-state index contributed by atoms with van der Waals surface area (Å²) in [5, 5.41) is 2.89. The van der Waals surface area contributed by atoms with Crippen molar-refractivity contribution in [2.75, 3.05) is 7.05 Å². The molecule has 112 valence electrons. The fourth-order valence-corrected chi connectivity index (χ4v) is 2.85. The summed E-state index contributed by atoms with van der Waals surface area (Å²) in [7, 11) is 1.61. The predicted molar refractivity (Wildman–Crippen MR) is 80.8 cm³/mol. The molecular formula is C16H15BrF3N. The van der Waals surface area contributed by atoms with Gasteiger partial charge in [-0.3, -0.25) is 0 Å². The van der Waals surface area contributed by atoms with Crippen molar-refractivity contribution < 1.29 is 13.2 Å². The largest absolute Gasteiger partial charge is 0.309 e. The van der Waals surface area contributed by atoms with E-state index in [1.54, 1.807) is 33.0 Å². The number of benzene rings is 2. The smallest absolute Gasteiger partial charge is 0.132 e. The summed E-state index contributed by atoms with van der Waals surface area (Å²) < 4.78 is 42.3. The lowest BCUT2D eigenvalue weighted by atomic mass is 9.94. The quantitative estimate of drug-likeness (QED) is 0.832. The first-order chi connectivity index (χ1) is 9.85. The molecular weight excluding hydrogens is 343 g/mol. The van der Waals surface area contributed by atoms with Crippen molar-refractivity contribution in [3.05, 3.63) is 68.4 Å². The third-order valence-electron chi connectivity index (χ3n) is 3.41. The highest BCUT2D eigenvalue weighted by atomic mass is 79.9. The minimum absolute atomic E-state index is 0.0777. The SMILES string of the molecule is CNC(c1cc(C)c(F)c(C)c1)c1c(F)cc(Br)cc1F. The summed E-state index contributed by atoms with van der Waals surface area (Å²) in [5.41, 5.74) is 1.44. The summed E-state index contributed by atoms with van der Waals surface area (Å²) >= 11 is 3.06. The van der Waals surface area contributed by atoms with Gasteiger partial charge in [0.05, 0.1) is 6.04 Å². The van der Waals surface area contributed by atoms with Crippen LogP contribution in [-0.2, 0) is 0 Å². The fourth-order valence-electron chi connectivity index (χ4n) is 2.45. The molecule has 0 radical (unpaired) electrons. The standard InChI is InChI=1S/C16H15BrF3N/c1-8-4-10(5-9(2)15(8)20)16(21-3)14-12(18)6-11(17)7-13(14)19/h4-7,16,21H,1-3H3. The first kappa shape index (κ1) is 16.0. The molecule has 0 heterocycles. The molecule has 1 unspecified atom stereocenters. The predicted octanol–water partition coefficient (Wildman–Crippen LogP) is 4.79. The zero-order valence-corrected chi connectivity index (χ0v) is 13.5. The molecule has 0 spiro atoms. The van der Waals surface area contributed by atoms with E-state index < -0.39 is 17.7 Å². The van der Waals surface area contributed by atoms with Gasteiger partial charge in [-0.05, 0) is 49.7 Å². The Balaban J connectivity index is 2.60. The van der Waals surface area contributed by atoms with Crippen LogP contribution in [0.1, 0.15) is 28.3 Å². The van der Waals surface area contributed by atoms with Crippen molar-refractivity contribution in [2.45, 2.75) is 19.9 Å². The molecule has 0 saturated carbocycles. The molecule has 1 atom stereocenters. The average Bonchev–Trinajstić information content (AvgIpc) is 2.39. The van der Waals surface area contributed by atoms with E-state index in [-0.39, 0.29) is 11.4 Å². The Bertz CT molecular complexity index is 639. The number of halogens is 4. The normalized spacial score (nSPS) is 12.5. The topological polar surface area (TPSA) is 12.0 Å². The van der Waals surface area contributed by atoms with Gasteiger partial charge in [-0.25, -0.2) is 13.2 Å². The molecule has 2 aromatic rings. The van der Waals surface area contributed by atoms with E-state index in [2.05, 4.69) is 21.2 Å². The average molecular weight is 358 g/mol. The van der Waals surface area contributed by atoms with Crippen LogP contribution in [0.25, 0.3) is 0 Å². The second kappa shape index (κ2) is 6.20. The summed E-state index contributed by atoms with van der Waals surface area (Å²) in [6, 6.07) is 4.95. The van der Waals surface area contributed by atoms with Crippen LogP contribution in [0.2, 0.25) is 0 Å². The maximum absolute atomic E-state index is 14.1. The molecule has 2 aromatic carbocycles. The third-order valence-corrected chi connectivity index (χ3v) is 3.87. The van der Waals surface area contributed by atoms with Gasteiger partial charge >= 0.3 is 0 Å². The lowest BCUT2D eigenvalue weighted by Gasteiger charge is -2.20. The molecule has 2 rings (SSSR count). The van der Waals surface area contributed by atoms with E-state index in [0.29, 0.717) is 21.2 Å². The molecule has 21 heavy (non-hydrogen) atoms. The second-order valence-corrected chi connectivity index (χ2v) is 5.89. The van der Waals surface area contributed by atoms with Crippen LogP contribution < -0.4 is 5.32 Å². The van der Waals surface area contributed by atoms with Gasteiger partial charge in [-0.15, -0.1) is 0 Å². The van der Waals surface area contributed by atoms with Gasteiger partial charge in [0.2, 0.25) is 0 Å².